The van der Waals surface area contributed by atoms with E-state index in [2.05, 4.69) is 43.8 Å². The van der Waals surface area contributed by atoms with Gasteiger partial charge in [0.25, 0.3) is 0 Å². The quantitative estimate of drug-likeness (QED) is 0.793. The Balaban J connectivity index is 1.81. The van der Waals surface area contributed by atoms with Crippen molar-refractivity contribution < 1.29 is 0 Å². The van der Waals surface area contributed by atoms with Crippen LogP contribution in [0.15, 0.2) is 24.5 Å². The molecule has 20 heavy (non-hydrogen) atoms. The van der Waals surface area contributed by atoms with Gasteiger partial charge in [0.1, 0.15) is 0 Å². The van der Waals surface area contributed by atoms with Crippen LogP contribution in [-0.4, -0.2) is 23.0 Å². The summed E-state index contributed by atoms with van der Waals surface area (Å²) in [6.45, 7) is 8.20. The van der Waals surface area contributed by atoms with Crippen molar-refractivity contribution in [3.63, 3.8) is 0 Å². The molecular weight excluding hydrogens is 244 g/mol. The van der Waals surface area contributed by atoms with Crippen LogP contribution >= 0.6 is 0 Å². The molecule has 0 amide bonds. The third kappa shape index (κ3) is 4.05. The molecule has 1 atom stereocenters. The lowest BCUT2D eigenvalue weighted by Crippen LogP contribution is -2.36. The molecular formula is C18H30N2. The summed E-state index contributed by atoms with van der Waals surface area (Å²) < 4.78 is 0. The van der Waals surface area contributed by atoms with Crippen molar-refractivity contribution in [1.82, 2.24) is 9.88 Å². The van der Waals surface area contributed by atoms with Gasteiger partial charge in [0.2, 0.25) is 0 Å². The fourth-order valence-electron chi connectivity index (χ4n) is 3.52. The Bertz CT molecular complexity index is 380. The molecule has 2 rings (SSSR count). The van der Waals surface area contributed by atoms with Gasteiger partial charge >= 0.3 is 0 Å². The number of rotatable bonds is 5. The van der Waals surface area contributed by atoms with E-state index in [0.29, 0.717) is 0 Å². The van der Waals surface area contributed by atoms with Crippen molar-refractivity contribution in [2.24, 2.45) is 17.8 Å². The molecule has 1 aromatic heterocycles. The van der Waals surface area contributed by atoms with Crippen molar-refractivity contribution in [3.05, 3.63) is 30.1 Å². The fraction of sp³-hybridized carbons (Fsp3) is 0.722. The van der Waals surface area contributed by atoms with Gasteiger partial charge in [0.15, 0.2) is 0 Å². The molecule has 0 aliphatic heterocycles. The van der Waals surface area contributed by atoms with E-state index in [-0.39, 0.29) is 0 Å². The van der Waals surface area contributed by atoms with Gasteiger partial charge in [0, 0.05) is 25.0 Å². The third-order valence-corrected chi connectivity index (χ3v) is 5.31. The SMILES string of the molecule is CC(C)C(C)C1CCC(N(C)Cc2cccnc2)CC1. The van der Waals surface area contributed by atoms with E-state index < -0.39 is 0 Å². The molecule has 1 heterocycles. The summed E-state index contributed by atoms with van der Waals surface area (Å²) in [4.78, 5) is 6.73. The standard InChI is InChI=1S/C18H30N2/c1-14(2)15(3)17-7-9-18(10-8-17)20(4)13-16-6-5-11-19-12-16/h5-6,11-12,14-15,17-18H,7-10,13H2,1-4H3. The third-order valence-electron chi connectivity index (χ3n) is 5.31. The molecule has 112 valence electrons. The van der Waals surface area contributed by atoms with Gasteiger partial charge in [-0.1, -0.05) is 26.8 Å². The van der Waals surface area contributed by atoms with Crippen molar-refractivity contribution >= 4 is 0 Å². The molecule has 0 N–H and O–H groups in total. The highest BCUT2D eigenvalue weighted by Gasteiger charge is 2.28. The lowest BCUT2D eigenvalue weighted by molar-refractivity contribution is 0.125. The number of pyridine rings is 1. The zero-order valence-corrected chi connectivity index (χ0v) is 13.5. The van der Waals surface area contributed by atoms with Crippen LogP contribution in [0.1, 0.15) is 52.0 Å². The second-order valence-electron chi connectivity index (χ2n) is 6.95. The highest BCUT2D eigenvalue weighted by Crippen LogP contribution is 2.35. The van der Waals surface area contributed by atoms with Crippen LogP contribution in [0, 0.1) is 17.8 Å². The van der Waals surface area contributed by atoms with Crippen molar-refractivity contribution in [1.29, 1.82) is 0 Å². The number of aromatic nitrogens is 1. The van der Waals surface area contributed by atoms with E-state index >= 15 is 0 Å². The van der Waals surface area contributed by atoms with Crippen LogP contribution in [0.4, 0.5) is 0 Å². The summed E-state index contributed by atoms with van der Waals surface area (Å²) in [6.07, 6.45) is 9.37. The molecule has 0 radical (unpaired) electrons. The molecule has 1 aliphatic rings. The van der Waals surface area contributed by atoms with Gasteiger partial charge in [0.05, 0.1) is 0 Å². The molecule has 0 spiro atoms. The Hall–Kier alpha value is -0.890. The van der Waals surface area contributed by atoms with Gasteiger partial charge in [-0.15, -0.1) is 0 Å². The molecule has 2 heteroatoms. The van der Waals surface area contributed by atoms with Crippen molar-refractivity contribution in [2.45, 2.75) is 59.0 Å². The Kier molecular flexibility index (Phi) is 5.59. The molecule has 0 aromatic carbocycles. The Morgan fingerprint density at radius 3 is 2.45 bits per heavy atom. The summed E-state index contributed by atoms with van der Waals surface area (Å²) >= 11 is 0. The van der Waals surface area contributed by atoms with E-state index in [0.717, 1.165) is 30.3 Å². The van der Waals surface area contributed by atoms with Crippen LogP contribution in [0.5, 0.6) is 0 Å². The van der Waals surface area contributed by atoms with Gasteiger partial charge in [-0.3, -0.25) is 9.88 Å². The molecule has 1 aromatic rings. The molecule has 1 unspecified atom stereocenters. The summed E-state index contributed by atoms with van der Waals surface area (Å²) in [5, 5.41) is 0. The van der Waals surface area contributed by atoms with Crippen LogP contribution < -0.4 is 0 Å². The lowest BCUT2D eigenvalue weighted by atomic mass is 9.74. The van der Waals surface area contributed by atoms with E-state index in [9.17, 15) is 0 Å². The first-order chi connectivity index (χ1) is 9.58. The van der Waals surface area contributed by atoms with Gasteiger partial charge in [-0.2, -0.15) is 0 Å². The molecule has 1 aliphatic carbocycles. The largest absolute Gasteiger partial charge is 0.299 e. The van der Waals surface area contributed by atoms with Gasteiger partial charge in [-0.25, -0.2) is 0 Å². The average Bonchev–Trinajstić information content (AvgIpc) is 2.47. The smallest absolute Gasteiger partial charge is 0.0312 e. The highest BCUT2D eigenvalue weighted by atomic mass is 15.1. The second-order valence-corrected chi connectivity index (χ2v) is 6.95. The van der Waals surface area contributed by atoms with E-state index in [4.69, 9.17) is 0 Å². The first-order valence-electron chi connectivity index (χ1n) is 8.17. The topological polar surface area (TPSA) is 16.1 Å². The summed E-state index contributed by atoms with van der Waals surface area (Å²) in [5.41, 5.74) is 1.33. The second kappa shape index (κ2) is 7.21. The number of hydrogen-bond donors (Lipinski definition) is 0. The van der Waals surface area contributed by atoms with E-state index in [1.165, 1.54) is 31.2 Å². The summed E-state index contributed by atoms with van der Waals surface area (Å²) in [6, 6.07) is 4.96. The van der Waals surface area contributed by atoms with Crippen LogP contribution in [-0.2, 0) is 6.54 Å². The molecule has 0 bridgehead atoms. The molecule has 1 saturated carbocycles. The number of nitrogens with zero attached hydrogens (tertiary/aromatic N) is 2. The zero-order valence-electron chi connectivity index (χ0n) is 13.5. The highest BCUT2D eigenvalue weighted by molar-refractivity contribution is 5.08. The first-order valence-corrected chi connectivity index (χ1v) is 8.17. The molecule has 0 saturated heterocycles. The normalized spacial score (nSPS) is 25.1. The fourth-order valence-corrected chi connectivity index (χ4v) is 3.52. The summed E-state index contributed by atoms with van der Waals surface area (Å²) in [7, 11) is 2.27. The van der Waals surface area contributed by atoms with Crippen LogP contribution in [0.3, 0.4) is 0 Å². The Labute approximate surface area is 124 Å². The molecule has 2 nitrogen and oxygen atoms in total. The van der Waals surface area contributed by atoms with Crippen molar-refractivity contribution in [3.8, 4) is 0 Å². The minimum atomic E-state index is 0.755. The van der Waals surface area contributed by atoms with Gasteiger partial charge < -0.3 is 0 Å². The first kappa shape index (κ1) is 15.5. The minimum Gasteiger partial charge on any atom is -0.299 e. The van der Waals surface area contributed by atoms with Crippen LogP contribution in [0.2, 0.25) is 0 Å². The van der Waals surface area contributed by atoms with Crippen molar-refractivity contribution in [2.75, 3.05) is 7.05 Å². The Morgan fingerprint density at radius 2 is 1.90 bits per heavy atom. The van der Waals surface area contributed by atoms with Crippen LogP contribution in [0.25, 0.3) is 0 Å². The summed E-state index contributed by atoms with van der Waals surface area (Å²) in [5.74, 6) is 2.64. The minimum absolute atomic E-state index is 0.755. The maximum atomic E-state index is 4.21. The number of hydrogen-bond acceptors (Lipinski definition) is 2. The van der Waals surface area contributed by atoms with E-state index in [1.807, 2.05) is 18.5 Å². The maximum absolute atomic E-state index is 4.21. The predicted octanol–water partition coefficient (Wildman–Crippen LogP) is 4.36. The van der Waals surface area contributed by atoms with Gasteiger partial charge in [-0.05, 0) is 62.1 Å². The lowest BCUT2D eigenvalue weighted by Gasteiger charge is -2.38. The predicted molar refractivity (Wildman–Crippen MR) is 85.5 cm³/mol. The Morgan fingerprint density at radius 1 is 1.20 bits per heavy atom. The van der Waals surface area contributed by atoms with E-state index in [1.54, 1.807) is 0 Å². The average molecular weight is 274 g/mol. The zero-order chi connectivity index (χ0) is 14.5. The monoisotopic (exact) mass is 274 g/mol. The maximum Gasteiger partial charge on any atom is 0.0312 e. The molecule has 1 fully saturated rings.